The number of carbonyl (C=O) groups is 3. The number of rotatable bonds is 7. The zero-order valence-corrected chi connectivity index (χ0v) is 15.3. The average molecular weight is 370 g/mol. The van der Waals surface area contributed by atoms with Gasteiger partial charge in [0, 0.05) is 0 Å². The molecule has 1 aromatic heterocycles. The molecule has 1 fully saturated rings. The van der Waals surface area contributed by atoms with Crippen molar-refractivity contribution in [3.8, 4) is 0 Å². The molecule has 8 nitrogen and oxygen atoms in total. The Hall–Kier alpha value is -3.13. The molecule has 27 heavy (non-hydrogen) atoms. The van der Waals surface area contributed by atoms with Crippen molar-refractivity contribution in [1.82, 2.24) is 20.7 Å². The van der Waals surface area contributed by atoms with Gasteiger partial charge < -0.3 is 9.73 Å². The number of amides is 4. The molecule has 2 heterocycles. The van der Waals surface area contributed by atoms with Gasteiger partial charge in [0.2, 0.25) is 0 Å². The molecule has 0 saturated carbocycles. The number of likely N-dealkylation sites (N-methyl/N-ethyl adjacent to an activating group) is 1. The van der Waals surface area contributed by atoms with Crippen LogP contribution < -0.4 is 10.7 Å². The van der Waals surface area contributed by atoms with E-state index in [0.29, 0.717) is 18.5 Å². The lowest BCUT2D eigenvalue weighted by molar-refractivity contribution is -0.139. The fourth-order valence-electron chi connectivity index (χ4n) is 3.17. The molecule has 1 atom stereocenters. The van der Waals surface area contributed by atoms with Gasteiger partial charge in [0.1, 0.15) is 11.3 Å². The van der Waals surface area contributed by atoms with Crippen molar-refractivity contribution in [3.05, 3.63) is 60.1 Å². The van der Waals surface area contributed by atoms with Gasteiger partial charge >= 0.3 is 6.03 Å². The van der Waals surface area contributed by atoms with Gasteiger partial charge in [-0.1, -0.05) is 37.3 Å². The van der Waals surface area contributed by atoms with E-state index in [1.54, 1.807) is 54.6 Å². The number of hydrazine groups is 1. The number of imide groups is 1. The summed E-state index contributed by atoms with van der Waals surface area (Å²) in [4.78, 5) is 39.3. The molecule has 0 aliphatic carbocycles. The van der Waals surface area contributed by atoms with Crippen molar-refractivity contribution in [3.63, 3.8) is 0 Å². The van der Waals surface area contributed by atoms with Crippen LogP contribution >= 0.6 is 0 Å². The molecule has 1 aromatic carbocycles. The standard InChI is InChI=1S/C19H22N4O4/c1-3-19(14-8-5-4-6-9-14)17(25)23(18(26)20-19)21-16(24)13-22(2)12-15-10-7-11-27-15/h4-11H,3,12-13H2,1-2H3,(H,20,26)(H,21,24). The molecule has 4 amide bonds. The third-order valence-corrected chi connectivity index (χ3v) is 4.54. The minimum atomic E-state index is -1.17. The lowest BCUT2D eigenvalue weighted by atomic mass is 9.87. The Bertz CT molecular complexity index is 821. The van der Waals surface area contributed by atoms with Gasteiger partial charge in [-0.05, 0) is 31.2 Å². The topological polar surface area (TPSA) is 94.9 Å². The van der Waals surface area contributed by atoms with E-state index >= 15 is 0 Å². The highest BCUT2D eigenvalue weighted by Gasteiger charge is 2.52. The van der Waals surface area contributed by atoms with E-state index in [2.05, 4.69) is 10.7 Å². The molecule has 2 N–H and O–H groups in total. The number of nitrogens with zero attached hydrogens (tertiary/aromatic N) is 2. The number of nitrogens with one attached hydrogen (secondary N) is 2. The van der Waals surface area contributed by atoms with E-state index in [9.17, 15) is 14.4 Å². The predicted molar refractivity (Wildman–Crippen MR) is 97.0 cm³/mol. The van der Waals surface area contributed by atoms with Crippen molar-refractivity contribution in [2.24, 2.45) is 0 Å². The first-order valence-electron chi connectivity index (χ1n) is 8.69. The second-order valence-electron chi connectivity index (χ2n) is 6.48. The molecule has 1 aliphatic heterocycles. The zero-order chi connectivity index (χ0) is 19.4. The van der Waals surface area contributed by atoms with Crippen LogP contribution in [0.4, 0.5) is 4.79 Å². The molecule has 1 saturated heterocycles. The maximum Gasteiger partial charge on any atom is 0.344 e. The van der Waals surface area contributed by atoms with Gasteiger partial charge in [-0.15, -0.1) is 0 Å². The quantitative estimate of drug-likeness (QED) is 0.722. The predicted octanol–water partition coefficient (Wildman–Crippen LogP) is 1.60. The van der Waals surface area contributed by atoms with Crippen molar-refractivity contribution in [2.75, 3.05) is 13.6 Å². The van der Waals surface area contributed by atoms with Crippen molar-refractivity contribution >= 4 is 17.8 Å². The Morgan fingerprint density at radius 3 is 2.59 bits per heavy atom. The number of hydrogen-bond acceptors (Lipinski definition) is 5. The van der Waals surface area contributed by atoms with E-state index < -0.39 is 23.4 Å². The monoisotopic (exact) mass is 370 g/mol. The Morgan fingerprint density at radius 1 is 1.22 bits per heavy atom. The van der Waals surface area contributed by atoms with Gasteiger partial charge in [0.25, 0.3) is 11.8 Å². The van der Waals surface area contributed by atoms with E-state index in [1.807, 2.05) is 13.0 Å². The van der Waals surface area contributed by atoms with Crippen LogP contribution in [-0.2, 0) is 21.7 Å². The van der Waals surface area contributed by atoms with E-state index in [0.717, 1.165) is 10.8 Å². The highest BCUT2D eigenvalue weighted by atomic mass is 16.3. The summed E-state index contributed by atoms with van der Waals surface area (Å²) in [7, 11) is 1.74. The third kappa shape index (κ3) is 3.70. The Labute approximate surface area is 157 Å². The number of urea groups is 1. The maximum absolute atomic E-state index is 12.9. The molecule has 0 spiro atoms. The molecular weight excluding hydrogens is 348 g/mol. The Morgan fingerprint density at radius 2 is 1.96 bits per heavy atom. The van der Waals surface area contributed by atoms with Gasteiger partial charge in [-0.25, -0.2) is 4.79 Å². The first-order valence-corrected chi connectivity index (χ1v) is 8.69. The molecule has 1 aliphatic rings. The average Bonchev–Trinajstić information content (AvgIpc) is 3.24. The smallest absolute Gasteiger partial charge is 0.344 e. The zero-order valence-electron chi connectivity index (χ0n) is 15.3. The Balaban J connectivity index is 1.67. The summed E-state index contributed by atoms with van der Waals surface area (Å²) < 4.78 is 5.24. The van der Waals surface area contributed by atoms with E-state index in [4.69, 9.17) is 4.42 Å². The van der Waals surface area contributed by atoms with Crippen LogP contribution in [0.1, 0.15) is 24.7 Å². The second-order valence-corrected chi connectivity index (χ2v) is 6.48. The van der Waals surface area contributed by atoms with Crippen LogP contribution in [0.25, 0.3) is 0 Å². The largest absolute Gasteiger partial charge is 0.468 e. The van der Waals surface area contributed by atoms with Gasteiger partial charge in [0.05, 0.1) is 19.4 Å². The van der Waals surface area contributed by atoms with Gasteiger partial charge in [-0.2, -0.15) is 5.01 Å². The van der Waals surface area contributed by atoms with Crippen LogP contribution in [0.15, 0.2) is 53.1 Å². The molecule has 8 heteroatoms. The van der Waals surface area contributed by atoms with Crippen molar-refractivity contribution in [2.45, 2.75) is 25.4 Å². The molecule has 1 unspecified atom stereocenters. The van der Waals surface area contributed by atoms with E-state index in [1.165, 1.54) is 0 Å². The lowest BCUT2D eigenvalue weighted by Crippen LogP contribution is -2.50. The van der Waals surface area contributed by atoms with Gasteiger partial charge in [0.15, 0.2) is 0 Å². The third-order valence-electron chi connectivity index (χ3n) is 4.54. The lowest BCUT2D eigenvalue weighted by Gasteiger charge is -2.25. The minimum Gasteiger partial charge on any atom is -0.468 e. The molecule has 0 radical (unpaired) electrons. The summed E-state index contributed by atoms with van der Waals surface area (Å²) in [5.41, 5.74) is 1.91. The molecule has 142 valence electrons. The number of benzene rings is 1. The van der Waals surface area contributed by atoms with Crippen LogP contribution in [-0.4, -0.2) is 41.3 Å². The Kier molecular flexibility index (Phi) is 5.27. The van der Waals surface area contributed by atoms with Crippen molar-refractivity contribution in [1.29, 1.82) is 0 Å². The summed E-state index contributed by atoms with van der Waals surface area (Å²) in [6.07, 6.45) is 1.93. The summed E-state index contributed by atoms with van der Waals surface area (Å²) in [6.45, 7) is 2.25. The van der Waals surface area contributed by atoms with E-state index in [-0.39, 0.29) is 6.54 Å². The maximum atomic E-state index is 12.9. The van der Waals surface area contributed by atoms with Crippen LogP contribution in [0.5, 0.6) is 0 Å². The number of furan rings is 1. The molecule has 0 bridgehead atoms. The fourth-order valence-corrected chi connectivity index (χ4v) is 3.17. The summed E-state index contributed by atoms with van der Waals surface area (Å²) in [5.74, 6) is -0.245. The molecule has 2 aromatic rings. The first kappa shape index (κ1) is 18.7. The highest BCUT2D eigenvalue weighted by molar-refractivity contribution is 6.08. The first-order chi connectivity index (χ1) is 13.0. The molecular formula is C19H22N4O4. The van der Waals surface area contributed by atoms with Crippen LogP contribution in [0.2, 0.25) is 0 Å². The minimum absolute atomic E-state index is 0.00220. The van der Waals surface area contributed by atoms with Crippen molar-refractivity contribution < 1.29 is 18.8 Å². The van der Waals surface area contributed by atoms with Crippen LogP contribution in [0.3, 0.4) is 0 Å². The summed E-state index contributed by atoms with van der Waals surface area (Å²) in [5, 5.41) is 3.49. The van der Waals surface area contributed by atoms with Crippen LogP contribution in [0, 0.1) is 0 Å². The summed E-state index contributed by atoms with van der Waals surface area (Å²) >= 11 is 0. The number of hydrogen-bond donors (Lipinski definition) is 2. The second kappa shape index (κ2) is 7.63. The summed E-state index contributed by atoms with van der Waals surface area (Å²) in [6, 6.07) is 11.9. The number of carbonyl (C=O) groups excluding carboxylic acids is 3. The normalized spacial score (nSPS) is 19.4. The SMILES string of the molecule is CCC1(c2ccccc2)NC(=O)N(NC(=O)CN(C)Cc2ccco2)C1=O. The fraction of sp³-hybridized carbons (Fsp3) is 0.316. The highest BCUT2D eigenvalue weighted by Crippen LogP contribution is 2.31. The van der Waals surface area contributed by atoms with Gasteiger partial charge in [-0.3, -0.25) is 19.9 Å². The molecule has 3 rings (SSSR count).